The summed E-state index contributed by atoms with van der Waals surface area (Å²) in [5.74, 6) is 0.270. The number of carbonyl (C=O) groups is 1. The van der Waals surface area contributed by atoms with E-state index in [-0.39, 0.29) is 12.4 Å². The molecule has 0 atom stereocenters. The predicted octanol–water partition coefficient (Wildman–Crippen LogP) is 1.66. The Morgan fingerprint density at radius 2 is 2.00 bits per heavy atom. The first-order chi connectivity index (χ1) is 7.74. The molecule has 0 radical (unpaired) electrons. The second kappa shape index (κ2) is 3.10. The third-order valence-electron chi connectivity index (χ3n) is 2.42. The molecule has 0 saturated carbocycles. The van der Waals surface area contributed by atoms with E-state index in [1.54, 1.807) is 18.2 Å². The Kier molecular flexibility index (Phi) is 1.73. The maximum Gasteiger partial charge on any atom is 0.337 e. The van der Waals surface area contributed by atoms with Crippen molar-refractivity contribution in [3.63, 3.8) is 0 Å². The van der Waals surface area contributed by atoms with Crippen LogP contribution < -0.4 is 9.47 Å². The molecular formula is C11H7NO4. The average molecular weight is 217 g/mol. The van der Waals surface area contributed by atoms with Gasteiger partial charge in [-0.25, -0.2) is 4.79 Å². The first-order valence-corrected chi connectivity index (χ1v) is 4.67. The Morgan fingerprint density at radius 1 is 1.25 bits per heavy atom. The van der Waals surface area contributed by atoms with E-state index in [2.05, 4.69) is 4.98 Å². The largest absolute Gasteiger partial charge is 0.478 e. The van der Waals surface area contributed by atoms with E-state index >= 15 is 0 Å². The van der Waals surface area contributed by atoms with Crippen LogP contribution in [0, 0.1) is 0 Å². The zero-order chi connectivity index (χ0) is 11.1. The van der Waals surface area contributed by atoms with Crippen LogP contribution in [0.4, 0.5) is 0 Å². The van der Waals surface area contributed by atoms with Crippen LogP contribution in [0.1, 0.15) is 10.4 Å². The van der Waals surface area contributed by atoms with E-state index in [4.69, 9.17) is 14.6 Å². The van der Waals surface area contributed by atoms with Gasteiger partial charge < -0.3 is 14.6 Å². The molecule has 16 heavy (non-hydrogen) atoms. The first-order valence-electron chi connectivity index (χ1n) is 4.67. The summed E-state index contributed by atoms with van der Waals surface area (Å²) in [6, 6.07) is 5.03. The minimum Gasteiger partial charge on any atom is -0.478 e. The summed E-state index contributed by atoms with van der Waals surface area (Å²) < 4.78 is 10.4. The Morgan fingerprint density at radius 3 is 2.75 bits per heavy atom. The number of pyridine rings is 1. The van der Waals surface area contributed by atoms with Crippen molar-refractivity contribution in [2.45, 2.75) is 0 Å². The number of hydrogen-bond donors (Lipinski definition) is 1. The molecule has 80 valence electrons. The number of aromatic carboxylic acids is 1. The highest BCUT2D eigenvalue weighted by Crippen LogP contribution is 2.35. The highest BCUT2D eigenvalue weighted by Gasteiger charge is 2.15. The Bertz CT molecular complexity index is 594. The fourth-order valence-electron chi connectivity index (χ4n) is 1.64. The van der Waals surface area contributed by atoms with E-state index < -0.39 is 5.97 Å². The van der Waals surface area contributed by atoms with Gasteiger partial charge in [-0.2, -0.15) is 0 Å². The number of ether oxygens (including phenoxy) is 2. The van der Waals surface area contributed by atoms with Crippen LogP contribution in [0.15, 0.2) is 24.4 Å². The van der Waals surface area contributed by atoms with Gasteiger partial charge in [0.05, 0.1) is 11.1 Å². The number of carboxylic acid groups (broad SMARTS) is 1. The lowest BCUT2D eigenvalue weighted by atomic mass is 10.1. The minimum absolute atomic E-state index is 0.159. The molecule has 2 aromatic rings. The molecule has 1 aliphatic heterocycles. The number of aromatic nitrogens is 1. The third kappa shape index (κ3) is 1.25. The van der Waals surface area contributed by atoms with Crippen molar-refractivity contribution >= 4 is 16.9 Å². The van der Waals surface area contributed by atoms with Gasteiger partial charge >= 0.3 is 5.97 Å². The number of hydrogen-bond acceptors (Lipinski definition) is 4. The second-order valence-corrected chi connectivity index (χ2v) is 3.43. The van der Waals surface area contributed by atoms with E-state index in [0.29, 0.717) is 17.0 Å². The molecule has 1 aromatic heterocycles. The second-order valence-electron chi connectivity index (χ2n) is 3.43. The summed E-state index contributed by atoms with van der Waals surface area (Å²) in [7, 11) is 0. The Hall–Kier alpha value is -2.30. The fraction of sp³-hybridized carbons (Fsp3) is 0.0909. The summed E-state index contributed by atoms with van der Waals surface area (Å²) in [4.78, 5) is 14.8. The molecule has 3 rings (SSSR count). The normalized spacial score (nSPS) is 13.0. The van der Waals surface area contributed by atoms with Crippen molar-refractivity contribution in [3.05, 3.63) is 30.0 Å². The summed E-state index contributed by atoms with van der Waals surface area (Å²) in [5, 5.41) is 9.57. The molecule has 0 saturated heterocycles. The van der Waals surface area contributed by atoms with Crippen molar-refractivity contribution in [2.24, 2.45) is 0 Å². The SMILES string of the molecule is O=C(O)c1cnc2cc3c(cc2c1)OCO3. The smallest absolute Gasteiger partial charge is 0.337 e. The molecule has 0 amide bonds. The van der Waals surface area contributed by atoms with Gasteiger partial charge in [0.1, 0.15) is 0 Å². The van der Waals surface area contributed by atoms with Gasteiger partial charge in [0.15, 0.2) is 11.5 Å². The van der Waals surface area contributed by atoms with Crippen LogP contribution in [0.25, 0.3) is 10.9 Å². The molecule has 0 bridgehead atoms. The molecule has 1 aromatic carbocycles. The maximum absolute atomic E-state index is 10.8. The van der Waals surface area contributed by atoms with Gasteiger partial charge in [-0.3, -0.25) is 4.98 Å². The van der Waals surface area contributed by atoms with Crippen LogP contribution in [0.3, 0.4) is 0 Å². The molecule has 0 aliphatic carbocycles. The number of rotatable bonds is 1. The fourth-order valence-corrected chi connectivity index (χ4v) is 1.64. The van der Waals surface area contributed by atoms with Crippen LogP contribution in [-0.2, 0) is 0 Å². The maximum atomic E-state index is 10.8. The quantitative estimate of drug-likeness (QED) is 0.786. The van der Waals surface area contributed by atoms with Gasteiger partial charge in [-0.15, -0.1) is 0 Å². The lowest BCUT2D eigenvalue weighted by Gasteiger charge is -2.01. The molecule has 0 spiro atoms. The highest BCUT2D eigenvalue weighted by atomic mass is 16.7. The highest BCUT2D eigenvalue weighted by molar-refractivity contribution is 5.93. The van der Waals surface area contributed by atoms with Crippen LogP contribution in [-0.4, -0.2) is 22.9 Å². The van der Waals surface area contributed by atoms with Crippen molar-refractivity contribution in [1.29, 1.82) is 0 Å². The average Bonchev–Trinajstić information content (AvgIpc) is 2.71. The summed E-state index contributed by atoms with van der Waals surface area (Å²) in [5.41, 5.74) is 0.848. The number of nitrogens with zero attached hydrogens (tertiary/aromatic N) is 1. The van der Waals surface area contributed by atoms with Crippen molar-refractivity contribution in [3.8, 4) is 11.5 Å². The summed E-state index contributed by atoms with van der Waals surface area (Å²) >= 11 is 0. The van der Waals surface area contributed by atoms with Crippen molar-refractivity contribution < 1.29 is 19.4 Å². The molecule has 1 aliphatic rings. The third-order valence-corrected chi connectivity index (χ3v) is 2.42. The van der Waals surface area contributed by atoms with Gasteiger partial charge in [-0.05, 0) is 12.1 Å². The Balaban J connectivity index is 2.24. The molecular weight excluding hydrogens is 210 g/mol. The standard InChI is InChI=1S/C11H7NO4/c13-11(14)7-1-6-2-9-10(16-5-15-9)3-8(6)12-4-7/h1-4H,5H2,(H,13,14). The van der Waals surface area contributed by atoms with E-state index in [1.165, 1.54) is 6.20 Å². The van der Waals surface area contributed by atoms with E-state index in [1.807, 2.05) is 0 Å². The molecule has 1 N–H and O–H groups in total. The molecule has 5 nitrogen and oxygen atoms in total. The number of fused-ring (bicyclic) bond motifs is 2. The zero-order valence-corrected chi connectivity index (χ0v) is 8.14. The molecule has 0 unspecified atom stereocenters. The van der Waals surface area contributed by atoms with Crippen LogP contribution in [0.5, 0.6) is 11.5 Å². The van der Waals surface area contributed by atoms with Gasteiger partial charge in [0.25, 0.3) is 0 Å². The molecule has 0 fully saturated rings. The van der Waals surface area contributed by atoms with Crippen molar-refractivity contribution in [1.82, 2.24) is 4.98 Å². The van der Waals surface area contributed by atoms with Gasteiger partial charge in [-0.1, -0.05) is 0 Å². The van der Waals surface area contributed by atoms with Crippen molar-refractivity contribution in [2.75, 3.05) is 6.79 Å². The topological polar surface area (TPSA) is 68.7 Å². The number of benzene rings is 1. The Labute approximate surface area is 90.2 Å². The van der Waals surface area contributed by atoms with Gasteiger partial charge in [0.2, 0.25) is 6.79 Å². The van der Waals surface area contributed by atoms with E-state index in [0.717, 1.165) is 5.39 Å². The summed E-state index contributed by atoms with van der Waals surface area (Å²) in [6.45, 7) is 0.192. The lowest BCUT2D eigenvalue weighted by Crippen LogP contribution is -1.96. The van der Waals surface area contributed by atoms with Gasteiger partial charge in [0, 0.05) is 17.6 Å². The molecule has 5 heteroatoms. The lowest BCUT2D eigenvalue weighted by molar-refractivity contribution is 0.0696. The van der Waals surface area contributed by atoms with E-state index in [9.17, 15) is 4.79 Å². The first kappa shape index (κ1) is 8.96. The van der Waals surface area contributed by atoms with Crippen LogP contribution >= 0.6 is 0 Å². The van der Waals surface area contributed by atoms with Crippen LogP contribution in [0.2, 0.25) is 0 Å². The minimum atomic E-state index is -0.993. The molecule has 2 heterocycles. The predicted molar refractivity (Wildman–Crippen MR) is 54.8 cm³/mol. The zero-order valence-electron chi connectivity index (χ0n) is 8.14. The number of carboxylic acids is 1. The summed E-state index contributed by atoms with van der Waals surface area (Å²) in [6.07, 6.45) is 1.33. The monoisotopic (exact) mass is 217 g/mol.